The topological polar surface area (TPSA) is 43.4 Å². The van der Waals surface area contributed by atoms with Crippen molar-refractivity contribution in [1.82, 2.24) is 0 Å². The molecule has 0 radical (unpaired) electrons. The van der Waals surface area contributed by atoms with E-state index in [-0.39, 0.29) is 17.5 Å². The first-order chi connectivity index (χ1) is 8.61. The van der Waals surface area contributed by atoms with Gasteiger partial charge in [-0.3, -0.25) is 9.59 Å². The van der Waals surface area contributed by atoms with Crippen LogP contribution in [-0.2, 0) is 4.79 Å². The number of ketones is 2. The van der Waals surface area contributed by atoms with Gasteiger partial charge in [-0.1, -0.05) is 11.6 Å². The number of rotatable bonds is 3. The first kappa shape index (κ1) is 13.1. The predicted molar refractivity (Wildman–Crippen MR) is 69.3 cm³/mol. The third-order valence-electron chi connectivity index (χ3n) is 3.35. The van der Waals surface area contributed by atoms with Gasteiger partial charge >= 0.3 is 0 Å². The van der Waals surface area contributed by atoms with Crippen molar-refractivity contribution in [2.45, 2.75) is 25.7 Å². The van der Waals surface area contributed by atoms with E-state index in [1.54, 1.807) is 18.2 Å². The van der Waals surface area contributed by atoms with Gasteiger partial charge in [0.1, 0.15) is 11.5 Å². The van der Waals surface area contributed by atoms with Gasteiger partial charge < -0.3 is 4.74 Å². The summed E-state index contributed by atoms with van der Waals surface area (Å²) in [6, 6.07) is 5.06. The Morgan fingerprint density at radius 2 is 2.00 bits per heavy atom. The SMILES string of the molecule is COc1ccc(C(=O)C2CCC(=O)CC2)cc1Cl. The zero-order valence-corrected chi connectivity index (χ0v) is 11.0. The van der Waals surface area contributed by atoms with Crippen molar-refractivity contribution in [2.75, 3.05) is 7.11 Å². The summed E-state index contributed by atoms with van der Waals surface area (Å²) in [6.45, 7) is 0. The van der Waals surface area contributed by atoms with E-state index in [2.05, 4.69) is 0 Å². The number of benzene rings is 1. The Bertz CT molecular complexity index is 472. The first-order valence-corrected chi connectivity index (χ1v) is 6.39. The van der Waals surface area contributed by atoms with Crippen molar-refractivity contribution in [3.8, 4) is 5.75 Å². The average Bonchev–Trinajstić information content (AvgIpc) is 2.38. The second-order valence-corrected chi connectivity index (χ2v) is 4.93. The summed E-state index contributed by atoms with van der Waals surface area (Å²) in [6.07, 6.45) is 2.34. The number of carbonyl (C=O) groups excluding carboxylic acids is 2. The zero-order valence-electron chi connectivity index (χ0n) is 10.2. The molecule has 0 saturated heterocycles. The van der Waals surface area contributed by atoms with E-state index < -0.39 is 0 Å². The van der Waals surface area contributed by atoms with Gasteiger partial charge in [0.05, 0.1) is 12.1 Å². The highest BCUT2D eigenvalue weighted by Crippen LogP contribution is 2.29. The van der Waals surface area contributed by atoms with Crippen LogP contribution in [0.5, 0.6) is 5.75 Å². The summed E-state index contributed by atoms with van der Waals surface area (Å²) in [5.41, 5.74) is 0.597. The maximum absolute atomic E-state index is 12.2. The summed E-state index contributed by atoms with van der Waals surface area (Å²) < 4.78 is 5.05. The summed E-state index contributed by atoms with van der Waals surface area (Å²) in [7, 11) is 1.54. The van der Waals surface area contributed by atoms with Crippen LogP contribution in [0.15, 0.2) is 18.2 Å². The molecule has 1 aromatic carbocycles. The van der Waals surface area contributed by atoms with Gasteiger partial charge in [-0.25, -0.2) is 0 Å². The fourth-order valence-corrected chi connectivity index (χ4v) is 2.52. The minimum Gasteiger partial charge on any atom is -0.495 e. The van der Waals surface area contributed by atoms with E-state index in [1.165, 1.54) is 7.11 Å². The molecule has 2 rings (SSSR count). The van der Waals surface area contributed by atoms with Gasteiger partial charge in [-0.15, -0.1) is 0 Å². The monoisotopic (exact) mass is 266 g/mol. The molecule has 0 amide bonds. The molecule has 0 N–H and O–H groups in total. The zero-order chi connectivity index (χ0) is 13.1. The maximum atomic E-state index is 12.2. The lowest BCUT2D eigenvalue weighted by Crippen LogP contribution is -2.21. The van der Waals surface area contributed by atoms with E-state index in [0.29, 0.717) is 42.0 Å². The Kier molecular flexibility index (Phi) is 4.02. The number of halogens is 1. The highest BCUT2D eigenvalue weighted by Gasteiger charge is 2.25. The molecule has 0 aliphatic heterocycles. The third-order valence-corrected chi connectivity index (χ3v) is 3.65. The summed E-state index contributed by atoms with van der Waals surface area (Å²) >= 11 is 6.00. The molecule has 0 unspecified atom stereocenters. The van der Waals surface area contributed by atoms with Crippen LogP contribution < -0.4 is 4.74 Å². The molecule has 1 aromatic rings. The van der Waals surface area contributed by atoms with Crippen LogP contribution in [0, 0.1) is 5.92 Å². The highest BCUT2D eigenvalue weighted by atomic mass is 35.5. The number of ether oxygens (including phenoxy) is 1. The largest absolute Gasteiger partial charge is 0.495 e. The van der Waals surface area contributed by atoms with Crippen LogP contribution in [0.25, 0.3) is 0 Å². The van der Waals surface area contributed by atoms with Crippen molar-refractivity contribution in [3.05, 3.63) is 28.8 Å². The van der Waals surface area contributed by atoms with Gasteiger partial charge in [-0.05, 0) is 31.0 Å². The van der Waals surface area contributed by atoms with Crippen LogP contribution in [0.1, 0.15) is 36.0 Å². The molecule has 96 valence electrons. The summed E-state index contributed by atoms with van der Waals surface area (Å²) in [4.78, 5) is 23.4. The quantitative estimate of drug-likeness (QED) is 0.789. The van der Waals surface area contributed by atoms with E-state index in [0.717, 1.165) is 0 Å². The number of Topliss-reactive ketones (excluding diaryl/α,β-unsaturated/α-hetero) is 2. The Balaban J connectivity index is 2.13. The van der Waals surface area contributed by atoms with Gasteiger partial charge in [0.15, 0.2) is 5.78 Å². The van der Waals surface area contributed by atoms with Crippen molar-refractivity contribution < 1.29 is 14.3 Å². The smallest absolute Gasteiger partial charge is 0.166 e. The first-order valence-electron chi connectivity index (χ1n) is 6.01. The number of carbonyl (C=O) groups is 2. The van der Waals surface area contributed by atoms with Crippen LogP contribution in [0.2, 0.25) is 5.02 Å². The molecule has 0 heterocycles. The van der Waals surface area contributed by atoms with Gasteiger partial charge in [-0.2, -0.15) is 0 Å². The molecule has 1 fully saturated rings. The third kappa shape index (κ3) is 2.72. The number of hydrogen-bond donors (Lipinski definition) is 0. The van der Waals surface area contributed by atoms with E-state index in [9.17, 15) is 9.59 Å². The minimum absolute atomic E-state index is 0.0489. The molecule has 18 heavy (non-hydrogen) atoms. The van der Waals surface area contributed by atoms with Gasteiger partial charge in [0.25, 0.3) is 0 Å². The number of hydrogen-bond acceptors (Lipinski definition) is 3. The van der Waals surface area contributed by atoms with Crippen molar-refractivity contribution in [3.63, 3.8) is 0 Å². The molecule has 0 atom stereocenters. The molecule has 0 bridgehead atoms. The van der Waals surface area contributed by atoms with E-state index >= 15 is 0 Å². The molecular formula is C14H15ClO3. The van der Waals surface area contributed by atoms with Gasteiger partial charge in [0.2, 0.25) is 0 Å². The minimum atomic E-state index is -0.0489. The lowest BCUT2D eigenvalue weighted by atomic mass is 9.83. The van der Waals surface area contributed by atoms with E-state index in [4.69, 9.17) is 16.3 Å². The van der Waals surface area contributed by atoms with Crippen LogP contribution in [0.3, 0.4) is 0 Å². The Hall–Kier alpha value is -1.35. The normalized spacial score (nSPS) is 16.7. The fraction of sp³-hybridized carbons (Fsp3) is 0.429. The Morgan fingerprint density at radius 1 is 1.33 bits per heavy atom. The standard InChI is InChI=1S/C14H15ClO3/c1-18-13-7-4-10(8-12(13)15)14(17)9-2-5-11(16)6-3-9/h4,7-9H,2-3,5-6H2,1H3. The van der Waals surface area contributed by atoms with Crippen molar-refractivity contribution in [2.24, 2.45) is 5.92 Å². The van der Waals surface area contributed by atoms with Gasteiger partial charge in [0, 0.05) is 24.3 Å². The molecular weight excluding hydrogens is 252 g/mol. The second kappa shape index (κ2) is 5.53. The van der Waals surface area contributed by atoms with Crippen LogP contribution >= 0.6 is 11.6 Å². The predicted octanol–water partition coefficient (Wildman–Crippen LogP) is 3.29. The van der Waals surface area contributed by atoms with Crippen LogP contribution in [-0.4, -0.2) is 18.7 Å². The molecule has 3 nitrogen and oxygen atoms in total. The molecule has 1 aliphatic carbocycles. The maximum Gasteiger partial charge on any atom is 0.166 e. The summed E-state index contributed by atoms with van der Waals surface area (Å²) in [5.74, 6) is 0.845. The van der Waals surface area contributed by atoms with E-state index in [1.807, 2.05) is 0 Å². The molecule has 0 spiro atoms. The molecule has 0 aromatic heterocycles. The van der Waals surface area contributed by atoms with Crippen molar-refractivity contribution >= 4 is 23.2 Å². The second-order valence-electron chi connectivity index (χ2n) is 4.53. The molecule has 4 heteroatoms. The number of methoxy groups -OCH3 is 1. The lowest BCUT2D eigenvalue weighted by molar-refractivity contribution is -0.120. The lowest BCUT2D eigenvalue weighted by Gasteiger charge is -2.19. The summed E-state index contributed by atoms with van der Waals surface area (Å²) in [5, 5.41) is 0.440. The van der Waals surface area contributed by atoms with Crippen molar-refractivity contribution in [1.29, 1.82) is 0 Å². The van der Waals surface area contributed by atoms with Crippen LogP contribution in [0.4, 0.5) is 0 Å². The Labute approximate surface area is 111 Å². The Morgan fingerprint density at radius 3 is 2.56 bits per heavy atom. The fourth-order valence-electron chi connectivity index (χ4n) is 2.26. The molecule has 1 saturated carbocycles. The highest BCUT2D eigenvalue weighted by molar-refractivity contribution is 6.32. The average molecular weight is 267 g/mol. The molecule has 1 aliphatic rings.